The molecule has 1 rings (SSSR count). The fourth-order valence-corrected chi connectivity index (χ4v) is 2.20. The Kier molecular flexibility index (Phi) is 6.57. The van der Waals surface area contributed by atoms with E-state index in [4.69, 9.17) is 4.74 Å². The number of amides is 1. The van der Waals surface area contributed by atoms with Crippen LogP contribution in [0, 0.1) is 10.1 Å². The van der Waals surface area contributed by atoms with Gasteiger partial charge in [-0.1, -0.05) is 15.9 Å². The number of carbonyl (C=O) groups excluding carboxylic acids is 1. The first-order valence-corrected chi connectivity index (χ1v) is 7.15. The van der Waals surface area contributed by atoms with Gasteiger partial charge < -0.3 is 15.2 Å². The second kappa shape index (κ2) is 7.94. The molecule has 0 aliphatic rings. The summed E-state index contributed by atoms with van der Waals surface area (Å²) in [5.74, 6) is -0.0882. The lowest BCUT2D eigenvalue weighted by molar-refractivity contribution is -0.386. The summed E-state index contributed by atoms with van der Waals surface area (Å²) in [6, 6.07) is 2.89. The minimum atomic E-state index is -0.907. The number of aliphatic hydroxyl groups is 1. The molecule has 0 fully saturated rings. The Hall–Kier alpha value is -1.67. The molecule has 0 saturated carbocycles. The Morgan fingerprint density at radius 1 is 1.57 bits per heavy atom. The summed E-state index contributed by atoms with van der Waals surface area (Å²) in [5, 5.41) is 23.3. The summed E-state index contributed by atoms with van der Waals surface area (Å²) in [6.45, 7) is 1.65. The van der Waals surface area contributed by atoms with Crippen LogP contribution in [0.4, 0.5) is 5.69 Å². The molecule has 7 nitrogen and oxygen atoms in total. The van der Waals surface area contributed by atoms with E-state index < -0.39 is 11.0 Å². The van der Waals surface area contributed by atoms with Crippen molar-refractivity contribution in [2.45, 2.75) is 25.9 Å². The van der Waals surface area contributed by atoms with Crippen molar-refractivity contribution in [3.63, 3.8) is 0 Å². The van der Waals surface area contributed by atoms with E-state index >= 15 is 0 Å². The van der Waals surface area contributed by atoms with Gasteiger partial charge in [-0.25, -0.2) is 0 Å². The maximum Gasteiger partial charge on any atom is 0.312 e. The molecular weight excluding hydrogens is 344 g/mol. The van der Waals surface area contributed by atoms with Crippen molar-refractivity contribution in [2.75, 3.05) is 13.7 Å². The van der Waals surface area contributed by atoms with Crippen molar-refractivity contribution in [3.05, 3.63) is 32.3 Å². The third-order valence-electron chi connectivity index (χ3n) is 2.78. The number of nitrogens with zero attached hydrogens (tertiary/aromatic N) is 1. The molecule has 0 saturated heterocycles. The molecule has 1 amide bonds. The van der Waals surface area contributed by atoms with Gasteiger partial charge in [0.2, 0.25) is 11.7 Å². The summed E-state index contributed by atoms with van der Waals surface area (Å²) in [6.07, 6.45) is -0.216. The summed E-state index contributed by atoms with van der Waals surface area (Å²) < 4.78 is 5.93. The van der Waals surface area contributed by atoms with Gasteiger partial charge in [-0.15, -0.1) is 0 Å². The number of ether oxygens (including phenoxy) is 1. The Bertz CT molecular complexity index is 534. The standard InChI is InChI=1S/C13H17BrN2O5/c1-8(17)10-6-9(14)7-11(16(19)20)13(10)21-5-3-4-12(18)15-2/h6-8,17H,3-5H2,1-2H3,(H,15,18)/t8-/m0/s1. The van der Waals surface area contributed by atoms with Crippen LogP contribution in [0.2, 0.25) is 0 Å². The fraction of sp³-hybridized carbons (Fsp3) is 0.462. The highest BCUT2D eigenvalue weighted by atomic mass is 79.9. The fourth-order valence-electron chi connectivity index (χ4n) is 1.73. The summed E-state index contributed by atoms with van der Waals surface area (Å²) >= 11 is 3.17. The van der Waals surface area contributed by atoms with E-state index in [2.05, 4.69) is 21.2 Å². The molecule has 116 valence electrons. The Morgan fingerprint density at radius 2 is 2.24 bits per heavy atom. The van der Waals surface area contributed by atoms with E-state index in [0.717, 1.165) is 0 Å². The zero-order valence-electron chi connectivity index (χ0n) is 11.8. The number of hydrogen-bond donors (Lipinski definition) is 2. The van der Waals surface area contributed by atoms with Gasteiger partial charge in [-0.05, 0) is 19.4 Å². The monoisotopic (exact) mass is 360 g/mol. The van der Waals surface area contributed by atoms with Crippen molar-refractivity contribution in [1.82, 2.24) is 5.32 Å². The maximum atomic E-state index is 11.1. The normalized spacial score (nSPS) is 11.8. The number of halogens is 1. The number of benzene rings is 1. The topological polar surface area (TPSA) is 102 Å². The van der Waals surface area contributed by atoms with E-state index in [1.165, 1.54) is 20.0 Å². The van der Waals surface area contributed by atoms with Gasteiger partial charge in [0.15, 0.2) is 0 Å². The van der Waals surface area contributed by atoms with Crippen molar-refractivity contribution in [2.24, 2.45) is 0 Å². The number of nitro benzene ring substituents is 1. The Balaban J connectivity index is 2.92. The quantitative estimate of drug-likeness (QED) is 0.441. The van der Waals surface area contributed by atoms with Crippen LogP contribution in [0.5, 0.6) is 5.75 Å². The molecule has 2 N–H and O–H groups in total. The van der Waals surface area contributed by atoms with Crippen LogP contribution in [0.1, 0.15) is 31.4 Å². The smallest absolute Gasteiger partial charge is 0.312 e. The lowest BCUT2D eigenvalue weighted by atomic mass is 10.1. The molecule has 0 aliphatic heterocycles. The predicted octanol–water partition coefficient (Wildman–Crippen LogP) is 2.32. The van der Waals surface area contributed by atoms with E-state index in [9.17, 15) is 20.0 Å². The number of rotatable bonds is 7. The van der Waals surface area contributed by atoms with Crippen molar-refractivity contribution >= 4 is 27.5 Å². The molecule has 21 heavy (non-hydrogen) atoms. The zero-order chi connectivity index (χ0) is 16.0. The highest BCUT2D eigenvalue weighted by Crippen LogP contribution is 2.37. The summed E-state index contributed by atoms with van der Waals surface area (Å²) in [4.78, 5) is 21.6. The molecule has 1 aromatic carbocycles. The molecular formula is C13H17BrN2O5. The van der Waals surface area contributed by atoms with Crippen LogP contribution in [0.3, 0.4) is 0 Å². The largest absolute Gasteiger partial charge is 0.487 e. The summed E-state index contributed by atoms with van der Waals surface area (Å²) in [7, 11) is 1.54. The molecule has 0 spiro atoms. The first-order chi connectivity index (χ1) is 9.86. The van der Waals surface area contributed by atoms with Crippen LogP contribution in [-0.2, 0) is 4.79 Å². The van der Waals surface area contributed by atoms with Crippen molar-refractivity contribution in [3.8, 4) is 5.75 Å². The second-order valence-corrected chi connectivity index (χ2v) is 5.32. The van der Waals surface area contributed by atoms with Gasteiger partial charge in [0, 0.05) is 29.6 Å². The van der Waals surface area contributed by atoms with Gasteiger partial charge in [0.05, 0.1) is 17.6 Å². The number of carbonyl (C=O) groups is 1. The van der Waals surface area contributed by atoms with Crippen LogP contribution >= 0.6 is 15.9 Å². The van der Waals surface area contributed by atoms with E-state index in [-0.39, 0.29) is 30.4 Å². The molecule has 1 atom stereocenters. The lowest BCUT2D eigenvalue weighted by Crippen LogP contribution is -2.18. The number of nitrogens with one attached hydrogen (secondary N) is 1. The average Bonchev–Trinajstić information content (AvgIpc) is 2.43. The van der Waals surface area contributed by atoms with Crippen LogP contribution in [0.15, 0.2) is 16.6 Å². The van der Waals surface area contributed by atoms with Gasteiger partial charge in [-0.3, -0.25) is 14.9 Å². The van der Waals surface area contributed by atoms with E-state index in [1.54, 1.807) is 6.07 Å². The van der Waals surface area contributed by atoms with Gasteiger partial charge in [0.1, 0.15) is 0 Å². The number of hydrogen-bond acceptors (Lipinski definition) is 5. The van der Waals surface area contributed by atoms with Crippen molar-refractivity contribution in [1.29, 1.82) is 0 Å². The molecule has 8 heteroatoms. The van der Waals surface area contributed by atoms with E-state index in [0.29, 0.717) is 16.5 Å². The number of aliphatic hydroxyl groups excluding tert-OH is 1. The van der Waals surface area contributed by atoms with E-state index in [1.807, 2.05) is 0 Å². The minimum absolute atomic E-state index is 0.0371. The SMILES string of the molecule is CNC(=O)CCCOc1c([C@H](C)O)cc(Br)cc1[N+](=O)[O-]. The zero-order valence-corrected chi connectivity index (χ0v) is 13.3. The predicted molar refractivity (Wildman–Crippen MR) is 80.2 cm³/mol. The first kappa shape index (κ1) is 17.4. The maximum absolute atomic E-state index is 11.1. The minimum Gasteiger partial charge on any atom is -0.487 e. The highest BCUT2D eigenvalue weighted by molar-refractivity contribution is 9.10. The lowest BCUT2D eigenvalue weighted by Gasteiger charge is -2.14. The number of nitro groups is 1. The molecule has 0 aliphatic carbocycles. The second-order valence-electron chi connectivity index (χ2n) is 4.40. The molecule has 0 heterocycles. The van der Waals surface area contributed by atoms with Gasteiger partial charge in [-0.2, -0.15) is 0 Å². The van der Waals surface area contributed by atoms with Crippen LogP contribution in [-0.4, -0.2) is 29.6 Å². The molecule has 0 unspecified atom stereocenters. The third-order valence-corrected chi connectivity index (χ3v) is 3.24. The first-order valence-electron chi connectivity index (χ1n) is 6.36. The van der Waals surface area contributed by atoms with Crippen LogP contribution < -0.4 is 10.1 Å². The average molecular weight is 361 g/mol. The Morgan fingerprint density at radius 3 is 2.76 bits per heavy atom. The molecule has 0 bridgehead atoms. The molecule has 0 radical (unpaired) electrons. The van der Waals surface area contributed by atoms with Crippen molar-refractivity contribution < 1.29 is 19.6 Å². The third kappa shape index (κ3) is 4.98. The highest BCUT2D eigenvalue weighted by Gasteiger charge is 2.23. The summed E-state index contributed by atoms with van der Waals surface area (Å²) in [5.41, 5.74) is 0.108. The molecule has 0 aromatic heterocycles. The van der Waals surface area contributed by atoms with Gasteiger partial charge >= 0.3 is 5.69 Å². The Labute approximate surface area is 130 Å². The van der Waals surface area contributed by atoms with Crippen LogP contribution in [0.25, 0.3) is 0 Å². The molecule has 1 aromatic rings. The van der Waals surface area contributed by atoms with Gasteiger partial charge in [0.25, 0.3) is 0 Å².